The summed E-state index contributed by atoms with van der Waals surface area (Å²) >= 11 is 0. The second kappa shape index (κ2) is 11.5. The van der Waals surface area contributed by atoms with Gasteiger partial charge in [0.1, 0.15) is 0 Å². The highest BCUT2D eigenvalue weighted by atomic mass is 16.2. The van der Waals surface area contributed by atoms with Crippen LogP contribution in [-0.4, -0.2) is 38.7 Å². The minimum atomic E-state index is -0.317. The summed E-state index contributed by atoms with van der Waals surface area (Å²) in [7, 11) is 0. The second-order valence-corrected chi connectivity index (χ2v) is 12.6. The molecule has 0 radical (unpaired) electrons. The van der Waals surface area contributed by atoms with E-state index in [1.165, 1.54) is 16.7 Å². The lowest BCUT2D eigenvalue weighted by Crippen LogP contribution is -2.50. The molecule has 1 saturated carbocycles. The Labute approximate surface area is 247 Å². The zero-order valence-electron chi connectivity index (χ0n) is 24.6. The third kappa shape index (κ3) is 6.25. The Kier molecular flexibility index (Phi) is 7.58. The Bertz CT molecular complexity index is 1570. The van der Waals surface area contributed by atoms with E-state index in [9.17, 15) is 9.59 Å². The molecule has 3 aromatic carbocycles. The van der Waals surface area contributed by atoms with Gasteiger partial charge in [0, 0.05) is 42.9 Å². The van der Waals surface area contributed by atoms with Crippen molar-refractivity contribution >= 4 is 11.9 Å². The maximum Gasteiger partial charge on any atom is 0.318 e. The van der Waals surface area contributed by atoms with Crippen molar-refractivity contribution in [3.05, 3.63) is 113 Å². The molecule has 2 N–H and O–H groups in total. The molecular formula is C35H39N5O2. The van der Waals surface area contributed by atoms with Crippen molar-refractivity contribution < 1.29 is 9.59 Å². The molecule has 7 nitrogen and oxygen atoms in total. The molecule has 0 saturated heterocycles. The topological polar surface area (TPSA) is 79.3 Å². The van der Waals surface area contributed by atoms with Gasteiger partial charge >= 0.3 is 6.03 Å². The van der Waals surface area contributed by atoms with Gasteiger partial charge < -0.3 is 15.5 Å². The molecule has 2 atom stereocenters. The Morgan fingerprint density at radius 1 is 0.952 bits per heavy atom. The largest absolute Gasteiger partial charge is 0.352 e. The van der Waals surface area contributed by atoms with E-state index in [1.54, 1.807) is 0 Å². The van der Waals surface area contributed by atoms with Gasteiger partial charge in [-0.05, 0) is 72.9 Å². The number of nitrogens with one attached hydrogen (secondary N) is 2. The van der Waals surface area contributed by atoms with Gasteiger partial charge in [-0.15, -0.1) is 0 Å². The first-order valence-electron chi connectivity index (χ1n) is 14.9. The normalized spacial score (nSPS) is 17.8. The Morgan fingerprint density at radius 2 is 1.69 bits per heavy atom. The number of carbonyl (C=O) groups is 2. The lowest BCUT2D eigenvalue weighted by Gasteiger charge is -2.34. The van der Waals surface area contributed by atoms with Crippen LogP contribution in [0, 0.1) is 5.92 Å². The zero-order chi connectivity index (χ0) is 29.3. The monoisotopic (exact) mass is 561 g/mol. The number of amides is 3. The molecule has 1 fully saturated rings. The molecule has 7 heteroatoms. The van der Waals surface area contributed by atoms with E-state index in [0.717, 1.165) is 35.1 Å². The van der Waals surface area contributed by atoms with Crippen LogP contribution in [0.15, 0.2) is 85.2 Å². The Balaban J connectivity index is 1.23. The van der Waals surface area contributed by atoms with Crippen molar-refractivity contribution in [2.45, 2.75) is 64.7 Å². The summed E-state index contributed by atoms with van der Waals surface area (Å²) in [5.41, 5.74) is 7.73. The fraction of sp³-hybridized carbons (Fsp3) is 0.343. The van der Waals surface area contributed by atoms with E-state index >= 15 is 0 Å². The fourth-order valence-corrected chi connectivity index (χ4v) is 5.98. The summed E-state index contributed by atoms with van der Waals surface area (Å²) in [6, 6.07) is 24.8. The Morgan fingerprint density at radius 3 is 2.43 bits per heavy atom. The number of urea groups is 1. The highest BCUT2D eigenvalue weighted by Crippen LogP contribution is 2.47. The standard InChI is InChI=1S/C35H39N5O2/c1-35(2,3)38-34(42)39-17-16-29-28(27-20-37-40(22-27)21-24-10-6-4-7-11-24)15-14-26(32(29)23-39)19-36-33(41)31-18-30(31)25-12-8-5-9-13-25/h4-15,20,22,30-31H,16-19,21,23H2,1-3H3,(H,36,41)(H,38,42)/t30-,31+/m1/s1. The van der Waals surface area contributed by atoms with Crippen LogP contribution in [0.1, 0.15) is 60.9 Å². The van der Waals surface area contributed by atoms with Crippen molar-refractivity contribution in [3.63, 3.8) is 0 Å². The molecule has 1 aliphatic heterocycles. The van der Waals surface area contributed by atoms with Crippen molar-refractivity contribution in [2.24, 2.45) is 5.92 Å². The van der Waals surface area contributed by atoms with Gasteiger partial charge in [-0.3, -0.25) is 9.48 Å². The molecule has 1 aliphatic carbocycles. The SMILES string of the molecule is CC(C)(C)NC(=O)N1CCc2c(-c3cnn(Cc4ccccc4)c3)ccc(CNC(=O)[C@H]3C[C@@H]3c3ccccc3)c2C1. The van der Waals surface area contributed by atoms with Crippen LogP contribution in [-0.2, 0) is 30.8 Å². The smallest absolute Gasteiger partial charge is 0.318 e. The summed E-state index contributed by atoms with van der Waals surface area (Å²) < 4.78 is 1.97. The average molecular weight is 562 g/mol. The molecule has 2 aliphatic rings. The van der Waals surface area contributed by atoms with E-state index in [1.807, 2.05) is 72.9 Å². The molecule has 42 heavy (non-hydrogen) atoms. The van der Waals surface area contributed by atoms with Gasteiger partial charge in [-0.2, -0.15) is 5.10 Å². The molecular weight excluding hydrogens is 522 g/mol. The summed E-state index contributed by atoms with van der Waals surface area (Å²) in [6.07, 6.45) is 5.66. The molecule has 0 bridgehead atoms. The first-order chi connectivity index (χ1) is 20.2. The molecule has 0 unspecified atom stereocenters. The molecule has 2 heterocycles. The van der Waals surface area contributed by atoms with E-state index < -0.39 is 0 Å². The summed E-state index contributed by atoms with van der Waals surface area (Å²) in [5.74, 6) is 0.417. The summed E-state index contributed by atoms with van der Waals surface area (Å²) in [5, 5.41) is 11.0. The predicted octanol–water partition coefficient (Wildman–Crippen LogP) is 5.88. The fourth-order valence-electron chi connectivity index (χ4n) is 5.98. The van der Waals surface area contributed by atoms with Crippen molar-refractivity contribution in [3.8, 4) is 11.1 Å². The highest BCUT2D eigenvalue weighted by Gasteiger charge is 2.43. The summed E-state index contributed by atoms with van der Waals surface area (Å²) in [4.78, 5) is 28.1. The minimum Gasteiger partial charge on any atom is -0.352 e. The number of carbonyl (C=O) groups excluding carboxylic acids is 2. The average Bonchev–Trinajstić information content (AvgIpc) is 3.67. The Hall–Kier alpha value is -4.39. The quantitative estimate of drug-likeness (QED) is 0.296. The van der Waals surface area contributed by atoms with Crippen molar-refractivity contribution in [2.75, 3.05) is 6.54 Å². The van der Waals surface area contributed by atoms with Crippen LogP contribution >= 0.6 is 0 Å². The van der Waals surface area contributed by atoms with Crippen molar-refractivity contribution in [1.29, 1.82) is 0 Å². The molecule has 4 aromatic rings. The van der Waals surface area contributed by atoms with E-state index in [-0.39, 0.29) is 23.4 Å². The van der Waals surface area contributed by atoms with Crippen LogP contribution < -0.4 is 10.6 Å². The first kappa shape index (κ1) is 27.8. The molecule has 3 amide bonds. The number of rotatable bonds is 7. The second-order valence-electron chi connectivity index (χ2n) is 12.6. The van der Waals surface area contributed by atoms with E-state index in [0.29, 0.717) is 32.1 Å². The molecule has 216 valence electrons. The first-order valence-corrected chi connectivity index (χ1v) is 14.9. The van der Waals surface area contributed by atoms with Gasteiger partial charge in [-0.25, -0.2) is 4.79 Å². The number of hydrogen-bond acceptors (Lipinski definition) is 3. The van der Waals surface area contributed by atoms with E-state index in [4.69, 9.17) is 0 Å². The van der Waals surface area contributed by atoms with Gasteiger partial charge in [0.15, 0.2) is 0 Å². The van der Waals surface area contributed by atoms with Crippen LogP contribution in [0.4, 0.5) is 4.79 Å². The number of aromatic nitrogens is 2. The third-order valence-corrected chi connectivity index (χ3v) is 8.22. The summed E-state index contributed by atoms with van der Waals surface area (Å²) in [6.45, 7) is 8.28. The predicted molar refractivity (Wildman–Crippen MR) is 165 cm³/mol. The number of hydrogen-bond donors (Lipinski definition) is 2. The maximum absolute atomic E-state index is 13.1. The third-order valence-electron chi connectivity index (χ3n) is 8.22. The molecule has 6 rings (SSSR count). The lowest BCUT2D eigenvalue weighted by atomic mass is 9.88. The van der Waals surface area contributed by atoms with Crippen LogP contribution in [0.5, 0.6) is 0 Å². The van der Waals surface area contributed by atoms with Gasteiger partial charge in [0.05, 0.1) is 12.7 Å². The molecule has 0 spiro atoms. The van der Waals surface area contributed by atoms with Gasteiger partial charge in [0.2, 0.25) is 5.91 Å². The van der Waals surface area contributed by atoms with Crippen LogP contribution in [0.3, 0.4) is 0 Å². The van der Waals surface area contributed by atoms with Gasteiger partial charge in [0.25, 0.3) is 0 Å². The zero-order valence-corrected chi connectivity index (χ0v) is 24.6. The number of nitrogens with zero attached hydrogens (tertiary/aromatic N) is 3. The maximum atomic E-state index is 13.1. The number of fused-ring (bicyclic) bond motifs is 1. The van der Waals surface area contributed by atoms with Crippen LogP contribution in [0.2, 0.25) is 0 Å². The van der Waals surface area contributed by atoms with Crippen molar-refractivity contribution in [1.82, 2.24) is 25.3 Å². The molecule has 1 aromatic heterocycles. The lowest BCUT2D eigenvalue weighted by molar-refractivity contribution is -0.122. The minimum absolute atomic E-state index is 0.0204. The van der Waals surface area contributed by atoms with Crippen LogP contribution in [0.25, 0.3) is 11.1 Å². The van der Waals surface area contributed by atoms with Gasteiger partial charge in [-0.1, -0.05) is 72.8 Å². The van der Waals surface area contributed by atoms with E-state index in [2.05, 4.69) is 58.3 Å². The number of benzene rings is 3. The highest BCUT2D eigenvalue weighted by molar-refractivity contribution is 5.83.